The molecule has 0 aromatic heterocycles. The summed E-state index contributed by atoms with van der Waals surface area (Å²) in [6.45, 7) is 14.9. The maximum Gasteiger partial charge on any atom is 0.118 e. The molecule has 0 saturated heterocycles. The van der Waals surface area contributed by atoms with Crippen molar-refractivity contribution in [3.63, 3.8) is 0 Å². The van der Waals surface area contributed by atoms with E-state index in [-0.39, 0.29) is 0 Å². The first-order chi connectivity index (χ1) is 17.8. The van der Waals surface area contributed by atoms with Gasteiger partial charge in [0.1, 0.15) is 5.75 Å². The molecule has 2 nitrogen and oxygen atoms in total. The number of rotatable bonds is 19. The van der Waals surface area contributed by atoms with Gasteiger partial charge in [-0.1, -0.05) is 70.4 Å². The van der Waals surface area contributed by atoms with E-state index in [4.69, 9.17) is 9.47 Å². The summed E-state index contributed by atoms with van der Waals surface area (Å²) >= 11 is 0. The molecule has 0 heterocycles. The lowest BCUT2D eigenvalue weighted by molar-refractivity contribution is 0.118. The third-order valence-corrected chi connectivity index (χ3v) is 6.91. The molecular weight excluding hydrogens is 452 g/mol. The zero-order valence-corrected chi connectivity index (χ0v) is 25.0. The molecule has 1 rings (SSSR count). The number of hydrogen-bond acceptors (Lipinski definition) is 2. The summed E-state index contributed by atoms with van der Waals surface area (Å²) < 4.78 is 11.0. The van der Waals surface area contributed by atoms with Crippen LogP contribution in [0.15, 0.2) is 82.5 Å². The maximum absolute atomic E-state index is 5.83. The molecule has 0 unspecified atom stereocenters. The standard InChI is InChI=1S/C35H54O2/c1-8-29(2)14-9-15-30(3)16-10-17-31(4)18-11-19-32(5)20-12-21-33(6)22-13-27-37-28-34-23-25-35(36-7)26-24-34/h8,15,17,19,21,23-26H,9-14,16,18,20,22,27-28H2,1-7H3/b29-8-,30-15-,31-17-,32-19-,33-21-. The highest BCUT2D eigenvalue weighted by Gasteiger charge is 1.98. The molecule has 0 aliphatic carbocycles. The van der Waals surface area contributed by atoms with E-state index in [0.717, 1.165) is 50.9 Å². The largest absolute Gasteiger partial charge is 0.497 e. The normalized spacial score (nSPS) is 13.9. The third kappa shape index (κ3) is 17.7. The molecule has 1 aromatic carbocycles. The molecule has 0 saturated carbocycles. The van der Waals surface area contributed by atoms with E-state index in [1.54, 1.807) is 7.11 Å². The number of methoxy groups -OCH3 is 1. The molecule has 0 amide bonds. The van der Waals surface area contributed by atoms with Gasteiger partial charge in [0.25, 0.3) is 0 Å². The van der Waals surface area contributed by atoms with Crippen molar-refractivity contribution in [3.05, 3.63) is 88.1 Å². The van der Waals surface area contributed by atoms with Gasteiger partial charge in [-0.15, -0.1) is 0 Å². The van der Waals surface area contributed by atoms with Crippen LogP contribution < -0.4 is 4.74 Å². The van der Waals surface area contributed by atoms with Crippen molar-refractivity contribution in [2.24, 2.45) is 0 Å². The van der Waals surface area contributed by atoms with Crippen LogP contribution in [0.5, 0.6) is 5.75 Å². The second kappa shape index (κ2) is 20.7. The molecule has 0 N–H and O–H groups in total. The van der Waals surface area contributed by atoms with E-state index in [9.17, 15) is 0 Å². The van der Waals surface area contributed by atoms with Gasteiger partial charge in [-0.25, -0.2) is 0 Å². The summed E-state index contributed by atoms with van der Waals surface area (Å²) in [7, 11) is 1.69. The Balaban J connectivity index is 2.15. The van der Waals surface area contributed by atoms with Gasteiger partial charge >= 0.3 is 0 Å². The van der Waals surface area contributed by atoms with Crippen LogP contribution in [0.4, 0.5) is 0 Å². The lowest BCUT2D eigenvalue weighted by Gasteiger charge is -2.06. The van der Waals surface area contributed by atoms with E-state index >= 15 is 0 Å². The molecule has 0 spiro atoms. The minimum Gasteiger partial charge on any atom is -0.497 e. The Morgan fingerprint density at radius 1 is 0.622 bits per heavy atom. The molecule has 0 radical (unpaired) electrons. The fourth-order valence-corrected chi connectivity index (χ4v) is 4.10. The monoisotopic (exact) mass is 506 g/mol. The van der Waals surface area contributed by atoms with Gasteiger partial charge in [0.05, 0.1) is 13.7 Å². The van der Waals surface area contributed by atoms with E-state index in [0.29, 0.717) is 6.61 Å². The van der Waals surface area contributed by atoms with Crippen LogP contribution in [0.1, 0.15) is 111 Å². The molecule has 0 aliphatic heterocycles. The van der Waals surface area contributed by atoms with E-state index in [1.807, 2.05) is 12.1 Å². The second-order valence-electron chi connectivity index (χ2n) is 10.5. The molecule has 206 valence electrons. The molecule has 0 aliphatic rings. The Morgan fingerprint density at radius 3 is 1.49 bits per heavy atom. The fraction of sp³-hybridized carbons (Fsp3) is 0.543. The van der Waals surface area contributed by atoms with Gasteiger partial charge in [-0.05, 0) is 123 Å². The van der Waals surface area contributed by atoms with Crippen LogP contribution in [0.2, 0.25) is 0 Å². The van der Waals surface area contributed by atoms with Gasteiger partial charge < -0.3 is 9.47 Å². The van der Waals surface area contributed by atoms with Crippen LogP contribution in [0.25, 0.3) is 0 Å². The first kappa shape index (κ1) is 32.7. The minimum absolute atomic E-state index is 0.666. The predicted molar refractivity (Wildman–Crippen MR) is 163 cm³/mol. The summed E-state index contributed by atoms with van der Waals surface area (Å²) in [6, 6.07) is 8.09. The lowest BCUT2D eigenvalue weighted by Crippen LogP contribution is -1.96. The van der Waals surface area contributed by atoms with Crippen molar-refractivity contribution in [2.75, 3.05) is 13.7 Å². The third-order valence-electron chi connectivity index (χ3n) is 6.91. The number of benzene rings is 1. The van der Waals surface area contributed by atoms with E-state index in [2.05, 4.69) is 84.1 Å². The Hall–Kier alpha value is -2.32. The van der Waals surface area contributed by atoms with Gasteiger partial charge in [-0.3, -0.25) is 0 Å². The van der Waals surface area contributed by atoms with Crippen molar-refractivity contribution < 1.29 is 9.47 Å². The topological polar surface area (TPSA) is 18.5 Å². The highest BCUT2D eigenvalue weighted by molar-refractivity contribution is 5.26. The van der Waals surface area contributed by atoms with Crippen LogP contribution in [-0.2, 0) is 11.3 Å². The maximum atomic E-state index is 5.83. The van der Waals surface area contributed by atoms with Crippen molar-refractivity contribution in [1.82, 2.24) is 0 Å². The first-order valence-electron chi connectivity index (χ1n) is 14.3. The van der Waals surface area contributed by atoms with Gasteiger partial charge in [0.2, 0.25) is 0 Å². The Morgan fingerprint density at radius 2 is 1.05 bits per heavy atom. The highest BCUT2D eigenvalue weighted by atomic mass is 16.5. The lowest BCUT2D eigenvalue weighted by atomic mass is 10.0. The van der Waals surface area contributed by atoms with Crippen molar-refractivity contribution in [3.8, 4) is 5.75 Å². The highest BCUT2D eigenvalue weighted by Crippen LogP contribution is 2.16. The zero-order valence-electron chi connectivity index (χ0n) is 25.0. The number of hydrogen-bond donors (Lipinski definition) is 0. The minimum atomic E-state index is 0.666. The number of ether oxygens (including phenoxy) is 2. The van der Waals surface area contributed by atoms with Gasteiger partial charge in [0, 0.05) is 6.61 Å². The Labute approximate surface area is 229 Å². The molecule has 0 bridgehead atoms. The van der Waals surface area contributed by atoms with Crippen molar-refractivity contribution >= 4 is 0 Å². The Bertz CT molecular complexity index is 894. The summed E-state index contributed by atoms with van der Waals surface area (Å²) in [4.78, 5) is 0. The summed E-state index contributed by atoms with van der Waals surface area (Å²) in [5, 5.41) is 0. The molecule has 37 heavy (non-hydrogen) atoms. The number of allylic oxidation sites excluding steroid dienone is 10. The zero-order chi connectivity index (χ0) is 27.3. The molecule has 0 fully saturated rings. The van der Waals surface area contributed by atoms with Crippen LogP contribution in [0, 0.1) is 0 Å². The molecule has 1 aromatic rings. The van der Waals surface area contributed by atoms with Gasteiger partial charge in [-0.2, -0.15) is 0 Å². The van der Waals surface area contributed by atoms with Crippen LogP contribution >= 0.6 is 0 Å². The quantitative estimate of drug-likeness (QED) is 0.137. The summed E-state index contributed by atoms with van der Waals surface area (Å²) in [6.07, 6.45) is 23.4. The SMILES string of the molecule is C/C=C(/C)CC/C=C(/C)CC/C=C(/C)CC/C=C(/C)CC/C=C(/C)CCCOCc1ccc(OC)cc1. The summed E-state index contributed by atoms with van der Waals surface area (Å²) in [5.74, 6) is 0.886. The van der Waals surface area contributed by atoms with Crippen LogP contribution in [0.3, 0.4) is 0 Å². The molecule has 2 heteroatoms. The molecular formula is C35H54O2. The predicted octanol–water partition coefficient (Wildman–Crippen LogP) is 10.9. The van der Waals surface area contributed by atoms with Gasteiger partial charge in [0.15, 0.2) is 0 Å². The second-order valence-corrected chi connectivity index (χ2v) is 10.5. The smallest absolute Gasteiger partial charge is 0.118 e. The average Bonchev–Trinajstić information content (AvgIpc) is 2.88. The Kier molecular flexibility index (Phi) is 18.3. The van der Waals surface area contributed by atoms with Crippen molar-refractivity contribution in [2.45, 2.75) is 112 Å². The van der Waals surface area contributed by atoms with Crippen molar-refractivity contribution in [1.29, 1.82) is 0 Å². The van der Waals surface area contributed by atoms with E-state index < -0.39 is 0 Å². The summed E-state index contributed by atoms with van der Waals surface area (Å²) in [5.41, 5.74) is 8.70. The van der Waals surface area contributed by atoms with Crippen LogP contribution in [-0.4, -0.2) is 13.7 Å². The fourth-order valence-electron chi connectivity index (χ4n) is 4.10. The molecule has 0 atom stereocenters. The van der Waals surface area contributed by atoms with E-state index in [1.165, 1.54) is 59.1 Å². The average molecular weight is 507 g/mol. The first-order valence-corrected chi connectivity index (χ1v) is 14.3.